The Balaban J connectivity index is 1.76. The molecule has 0 unspecified atom stereocenters. The van der Waals surface area contributed by atoms with Crippen LogP contribution in [-0.4, -0.2) is 27.0 Å². The molecule has 1 N–H and O–H groups in total. The largest absolute Gasteiger partial charge is 0.354 e. The number of aryl methyl sites for hydroxylation is 1. The van der Waals surface area contributed by atoms with Crippen LogP contribution in [0.2, 0.25) is 0 Å². The van der Waals surface area contributed by atoms with Crippen molar-refractivity contribution in [2.75, 3.05) is 6.54 Å². The number of aromatic nitrogens is 3. The number of rotatable bonds is 7. The summed E-state index contributed by atoms with van der Waals surface area (Å²) in [6, 6.07) is 11.7. The van der Waals surface area contributed by atoms with Crippen molar-refractivity contribution in [2.45, 2.75) is 39.2 Å². The van der Waals surface area contributed by atoms with Crippen LogP contribution in [0.4, 0.5) is 0 Å². The van der Waals surface area contributed by atoms with Crippen LogP contribution in [0, 0.1) is 0 Å². The lowest BCUT2D eigenvalue weighted by Gasteiger charge is -2.20. The van der Waals surface area contributed by atoms with Gasteiger partial charge in [-0.25, -0.2) is 4.98 Å². The van der Waals surface area contributed by atoms with Crippen LogP contribution in [0.3, 0.4) is 0 Å². The first-order valence-electron chi connectivity index (χ1n) is 8.87. The molecule has 0 radical (unpaired) electrons. The average molecular weight is 336 g/mol. The van der Waals surface area contributed by atoms with Gasteiger partial charge in [0, 0.05) is 25.4 Å². The molecule has 0 aliphatic heterocycles. The van der Waals surface area contributed by atoms with Crippen molar-refractivity contribution in [1.29, 1.82) is 0 Å². The highest BCUT2D eigenvalue weighted by molar-refractivity contribution is 5.84. The number of pyridine rings is 1. The maximum Gasteiger partial charge on any atom is 0.243 e. The number of fused-ring (bicyclic) bond motifs is 1. The SMILES string of the molecule is CCc1nc2ccccc2n1[C@@H](CC)C(=O)NCCc1ccncc1. The summed E-state index contributed by atoms with van der Waals surface area (Å²) >= 11 is 0. The fraction of sp³-hybridized carbons (Fsp3) is 0.350. The molecule has 5 nitrogen and oxygen atoms in total. The van der Waals surface area contributed by atoms with Gasteiger partial charge in [0.05, 0.1) is 11.0 Å². The van der Waals surface area contributed by atoms with E-state index < -0.39 is 0 Å². The fourth-order valence-electron chi connectivity index (χ4n) is 3.17. The standard InChI is InChI=1S/C20H24N4O/c1-3-17(20(25)22-14-11-15-9-12-21-13-10-15)24-18-8-6-5-7-16(18)23-19(24)4-2/h5-10,12-13,17H,3-4,11,14H2,1-2H3,(H,22,25)/t17-/m0/s1. The van der Waals surface area contributed by atoms with E-state index in [1.165, 1.54) is 5.56 Å². The highest BCUT2D eigenvalue weighted by Crippen LogP contribution is 2.24. The van der Waals surface area contributed by atoms with Gasteiger partial charge < -0.3 is 9.88 Å². The minimum atomic E-state index is -0.236. The molecule has 0 saturated heterocycles. The molecule has 130 valence electrons. The lowest BCUT2D eigenvalue weighted by molar-refractivity contribution is -0.124. The van der Waals surface area contributed by atoms with Crippen molar-refractivity contribution >= 4 is 16.9 Å². The Morgan fingerprint density at radius 3 is 2.64 bits per heavy atom. The van der Waals surface area contributed by atoms with Crippen molar-refractivity contribution < 1.29 is 4.79 Å². The summed E-state index contributed by atoms with van der Waals surface area (Å²) < 4.78 is 2.09. The van der Waals surface area contributed by atoms with Gasteiger partial charge >= 0.3 is 0 Å². The molecule has 5 heteroatoms. The van der Waals surface area contributed by atoms with Gasteiger partial charge in [-0.05, 0) is 42.7 Å². The molecular formula is C20H24N4O. The van der Waals surface area contributed by atoms with Crippen LogP contribution in [0.1, 0.15) is 37.7 Å². The summed E-state index contributed by atoms with van der Waals surface area (Å²) in [5.41, 5.74) is 3.14. The predicted octanol–water partition coefficient (Wildman–Crippen LogP) is 3.30. The third-order valence-electron chi connectivity index (χ3n) is 4.45. The van der Waals surface area contributed by atoms with E-state index in [2.05, 4.69) is 26.8 Å². The molecule has 25 heavy (non-hydrogen) atoms. The Morgan fingerprint density at radius 1 is 1.16 bits per heavy atom. The van der Waals surface area contributed by atoms with Gasteiger partial charge in [0.25, 0.3) is 0 Å². The van der Waals surface area contributed by atoms with E-state index in [-0.39, 0.29) is 11.9 Å². The minimum absolute atomic E-state index is 0.0504. The normalized spacial score (nSPS) is 12.2. The second-order valence-electron chi connectivity index (χ2n) is 6.06. The number of nitrogens with one attached hydrogen (secondary N) is 1. The van der Waals surface area contributed by atoms with Crippen molar-refractivity contribution in [3.05, 3.63) is 60.2 Å². The summed E-state index contributed by atoms with van der Waals surface area (Å²) in [6.45, 7) is 4.74. The third kappa shape index (κ3) is 3.71. The monoisotopic (exact) mass is 336 g/mol. The van der Waals surface area contributed by atoms with E-state index in [0.29, 0.717) is 6.54 Å². The predicted molar refractivity (Wildman–Crippen MR) is 99.4 cm³/mol. The first kappa shape index (κ1) is 17.1. The molecule has 0 saturated carbocycles. The molecule has 0 bridgehead atoms. The Bertz CT molecular complexity index is 841. The van der Waals surface area contributed by atoms with Gasteiger partial charge in [-0.1, -0.05) is 26.0 Å². The smallest absolute Gasteiger partial charge is 0.243 e. The maximum absolute atomic E-state index is 12.8. The summed E-state index contributed by atoms with van der Waals surface area (Å²) in [4.78, 5) is 21.5. The van der Waals surface area contributed by atoms with Gasteiger partial charge in [0.15, 0.2) is 0 Å². The maximum atomic E-state index is 12.8. The Morgan fingerprint density at radius 2 is 1.92 bits per heavy atom. The van der Waals surface area contributed by atoms with E-state index in [1.54, 1.807) is 12.4 Å². The Kier molecular flexibility index (Phi) is 5.43. The fourth-order valence-corrected chi connectivity index (χ4v) is 3.17. The number of imidazole rings is 1. The molecule has 2 aromatic heterocycles. The van der Waals surface area contributed by atoms with Gasteiger partial charge in [-0.3, -0.25) is 9.78 Å². The molecular weight excluding hydrogens is 312 g/mol. The van der Waals surface area contributed by atoms with Crippen LogP contribution < -0.4 is 5.32 Å². The second kappa shape index (κ2) is 7.92. The number of benzene rings is 1. The van der Waals surface area contributed by atoms with Crippen molar-refractivity contribution in [1.82, 2.24) is 19.9 Å². The molecule has 3 rings (SSSR count). The molecule has 1 aromatic carbocycles. The highest BCUT2D eigenvalue weighted by atomic mass is 16.2. The van der Waals surface area contributed by atoms with Gasteiger partial charge in [-0.15, -0.1) is 0 Å². The zero-order valence-electron chi connectivity index (χ0n) is 14.8. The van der Waals surface area contributed by atoms with Crippen molar-refractivity contribution in [3.8, 4) is 0 Å². The second-order valence-corrected chi connectivity index (χ2v) is 6.06. The zero-order chi connectivity index (χ0) is 17.6. The average Bonchev–Trinajstić information content (AvgIpc) is 3.02. The Labute approximate surface area is 148 Å². The van der Waals surface area contributed by atoms with E-state index >= 15 is 0 Å². The number of carbonyl (C=O) groups is 1. The highest BCUT2D eigenvalue weighted by Gasteiger charge is 2.23. The topological polar surface area (TPSA) is 59.8 Å². The number of hydrogen-bond donors (Lipinski definition) is 1. The minimum Gasteiger partial charge on any atom is -0.354 e. The molecule has 0 spiro atoms. The number of amides is 1. The summed E-state index contributed by atoms with van der Waals surface area (Å²) in [5, 5.41) is 3.08. The summed E-state index contributed by atoms with van der Waals surface area (Å²) in [5.74, 6) is 1.01. The quantitative estimate of drug-likeness (QED) is 0.720. The molecule has 0 fully saturated rings. The molecule has 2 heterocycles. The van der Waals surface area contributed by atoms with E-state index in [9.17, 15) is 4.79 Å². The van der Waals surface area contributed by atoms with Crippen LogP contribution in [0.25, 0.3) is 11.0 Å². The third-order valence-corrected chi connectivity index (χ3v) is 4.45. The van der Waals surface area contributed by atoms with Crippen LogP contribution >= 0.6 is 0 Å². The first-order chi connectivity index (χ1) is 12.2. The number of nitrogens with zero attached hydrogens (tertiary/aromatic N) is 3. The molecule has 1 amide bonds. The molecule has 0 aliphatic rings. The van der Waals surface area contributed by atoms with E-state index in [1.807, 2.05) is 43.3 Å². The lowest BCUT2D eigenvalue weighted by Crippen LogP contribution is -2.34. The molecule has 0 aliphatic carbocycles. The Hall–Kier alpha value is -2.69. The number of para-hydroxylation sites is 2. The zero-order valence-corrected chi connectivity index (χ0v) is 14.8. The van der Waals surface area contributed by atoms with Crippen LogP contribution in [0.15, 0.2) is 48.8 Å². The van der Waals surface area contributed by atoms with Gasteiger partial charge in [-0.2, -0.15) is 0 Å². The van der Waals surface area contributed by atoms with Gasteiger partial charge in [0.1, 0.15) is 11.9 Å². The number of hydrogen-bond acceptors (Lipinski definition) is 3. The number of carbonyl (C=O) groups excluding carboxylic acids is 1. The van der Waals surface area contributed by atoms with E-state index in [0.717, 1.165) is 36.1 Å². The summed E-state index contributed by atoms with van der Waals surface area (Å²) in [7, 11) is 0. The van der Waals surface area contributed by atoms with Crippen LogP contribution in [0.5, 0.6) is 0 Å². The first-order valence-corrected chi connectivity index (χ1v) is 8.87. The molecule has 3 aromatic rings. The molecule has 1 atom stereocenters. The lowest BCUT2D eigenvalue weighted by atomic mass is 10.1. The van der Waals surface area contributed by atoms with E-state index in [4.69, 9.17) is 0 Å². The van der Waals surface area contributed by atoms with Crippen molar-refractivity contribution in [2.24, 2.45) is 0 Å². The van der Waals surface area contributed by atoms with Crippen molar-refractivity contribution in [3.63, 3.8) is 0 Å². The van der Waals surface area contributed by atoms with Crippen LogP contribution in [-0.2, 0) is 17.6 Å². The summed E-state index contributed by atoms with van der Waals surface area (Å²) in [6.07, 6.45) is 5.88. The van der Waals surface area contributed by atoms with Gasteiger partial charge in [0.2, 0.25) is 5.91 Å².